The molecule has 0 atom stereocenters. The van der Waals surface area contributed by atoms with Crippen LogP contribution in [0.3, 0.4) is 0 Å². The molecule has 8 heteroatoms. The summed E-state index contributed by atoms with van der Waals surface area (Å²) in [5.41, 5.74) is 0. The highest BCUT2D eigenvalue weighted by molar-refractivity contribution is 7.96. The first-order valence-electron chi connectivity index (χ1n) is 4.23. The number of hydrogen-bond acceptors (Lipinski definition) is 5. The van der Waals surface area contributed by atoms with E-state index < -0.39 is 23.2 Å². The lowest BCUT2D eigenvalue weighted by Crippen LogP contribution is -2.40. The van der Waals surface area contributed by atoms with Gasteiger partial charge in [0.2, 0.25) is 0 Å². The molecule has 0 saturated carbocycles. The topological polar surface area (TPSA) is 61.8 Å². The summed E-state index contributed by atoms with van der Waals surface area (Å²) in [6.45, 7) is 2.10. The van der Waals surface area contributed by atoms with E-state index in [2.05, 4.69) is 9.37 Å². The van der Waals surface area contributed by atoms with Crippen LogP contribution in [0.4, 0.5) is 8.78 Å². The van der Waals surface area contributed by atoms with E-state index in [1.54, 1.807) is 0 Å². The molecule has 0 rings (SSSR count). The van der Waals surface area contributed by atoms with Crippen LogP contribution in [0.2, 0.25) is 0 Å². The molecule has 0 fully saturated rings. The molecule has 0 aromatic heterocycles. The average Bonchev–Trinajstić information content (AvgIpc) is 2.21. The lowest BCUT2D eigenvalue weighted by Gasteiger charge is -2.21. The normalized spacial score (nSPS) is 11.5. The minimum absolute atomic E-state index is 0.226. The highest BCUT2D eigenvalue weighted by atomic mass is 32.2. The van der Waals surface area contributed by atoms with Crippen molar-refractivity contribution < 1.29 is 28.2 Å². The molecule has 0 aliphatic heterocycles. The van der Waals surface area contributed by atoms with Gasteiger partial charge < -0.3 is 10.2 Å². The smallest absolute Gasteiger partial charge is 0.397 e. The second-order valence-electron chi connectivity index (χ2n) is 2.82. The number of unbranched alkanes of at least 4 members (excludes halogenated alkanes) is 1. The molecule has 0 radical (unpaired) electrons. The Hall–Kier alpha value is -0.440. The van der Waals surface area contributed by atoms with Crippen LogP contribution < -0.4 is 5.26 Å². The van der Waals surface area contributed by atoms with Crippen molar-refractivity contribution in [1.29, 1.82) is 0 Å². The van der Waals surface area contributed by atoms with E-state index in [4.69, 9.17) is 0 Å². The summed E-state index contributed by atoms with van der Waals surface area (Å²) in [7, 11) is 1.25. The summed E-state index contributed by atoms with van der Waals surface area (Å²) in [6, 6.07) is 0. The molecule has 5 nitrogen and oxygen atoms in total. The van der Waals surface area contributed by atoms with E-state index in [0.717, 1.165) is 11.3 Å². The Morgan fingerprint density at radius 3 is 2.67 bits per heavy atom. The molecule has 1 amide bonds. The third-order valence-electron chi connectivity index (χ3n) is 1.61. The molecule has 0 spiro atoms. The fourth-order valence-corrected chi connectivity index (χ4v) is 1.15. The molecule has 0 saturated heterocycles. The maximum Gasteiger partial charge on any atom is 0.397 e. The Morgan fingerprint density at radius 1 is 1.60 bits per heavy atom. The van der Waals surface area contributed by atoms with Crippen LogP contribution in [0.25, 0.3) is 0 Å². The van der Waals surface area contributed by atoms with Gasteiger partial charge in [-0.25, -0.2) is 0 Å². The molecule has 0 N–H and O–H groups in total. The van der Waals surface area contributed by atoms with E-state index in [1.807, 2.05) is 6.92 Å². The van der Waals surface area contributed by atoms with Crippen molar-refractivity contribution in [2.45, 2.75) is 25.0 Å². The minimum Gasteiger partial charge on any atom is -0.691 e. The zero-order valence-electron chi connectivity index (χ0n) is 8.37. The maximum absolute atomic E-state index is 12.9. The zero-order chi connectivity index (χ0) is 11.9. The van der Waals surface area contributed by atoms with Gasteiger partial charge in [0.05, 0.1) is 0 Å². The van der Waals surface area contributed by atoms with Crippen molar-refractivity contribution in [3.63, 3.8) is 0 Å². The summed E-state index contributed by atoms with van der Waals surface area (Å²) >= 11 is -0.611. The van der Waals surface area contributed by atoms with E-state index >= 15 is 0 Å². The minimum atomic E-state index is -3.81. The van der Waals surface area contributed by atoms with Crippen LogP contribution in [0, 0.1) is 0 Å². The van der Waals surface area contributed by atoms with Gasteiger partial charge in [-0.05, 0) is 6.42 Å². The molecule has 0 heterocycles. The van der Waals surface area contributed by atoms with Gasteiger partial charge in [0, 0.05) is 13.6 Å². The average molecular weight is 244 g/mol. The summed E-state index contributed by atoms with van der Waals surface area (Å²) in [5, 5.41) is 8.28. The maximum atomic E-state index is 12.9. The summed E-state index contributed by atoms with van der Waals surface area (Å²) < 4.78 is 29.3. The van der Waals surface area contributed by atoms with Crippen molar-refractivity contribution in [2.24, 2.45) is 0 Å². The monoisotopic (exact) mass is 244 g/mol. The molecule has 0 aliphatic rings. The highest BCUT2D eigenvalue weighted by Gasteiger charge is 2.43. The van der Waals surface area contributed by atoms with Crippen molar-refractivity contribution in [3.05, 3.63) is 0 Å². The van der Waals surface area contributed by atoms with Crippen LogP contribution in [-0.4, -0.2) is 29.7 Å². The highest BCUT2D eigenvalue weighted by Crippen LogP contribution is 2.31. The Kier molecular flexibility index (Phi) is 6.73. The Balaban J connectivity index is 4.14. The van der Waals surface area contributed by atoms with E-state index in [-0.39, 0.29) is 6.54 Å². The summed E-state index contributed by atoms with van der Waals surface area (Å²) in [5.74, 6) is -1.42. The second kappa shape index (κ2) is 6.94. The fraction of sp³-hybridized carbons (Fsp3) is 0.857. The fourth-order valence-electron chi connectivity index (χ4n) is 0.811. The molecular formula is C7H12F2NO4S-. The van der Waals surface area contributed by atoms with Crippen molar-refractivity contribution in [2.75, 3.05) is 13.6 Å². The van der Waals surface area contributed by atoms with Gasteiger partial charge in [-0.3, -0.25) is 9.83 Å². The lowest BCUT2D eigenvalue weighted by atomic mass is 10.3. The molecule has 0 aromatic carbocycles. The van der Waals surface area contributed by atoms with Gasteiger partial charge in [-0.1, -0.05) is 13.3 Å². The predicted molar refractivity (Wildman–Crippen MR) is 47.3 cm³/mol. The Labute approximate surface area is 90.4 Å². The van der Waals surface area contributed by atoms with Gasteiger partial charge in [0.25, 0.3) is 0 Å². The van der Waals surface area contributed by atoms with Crippen LogP contribution >= 0.6 is 12.0 Å². The van der Waals surface area contributed by atoms with Crippen LogP contribution in [0.15, 0.2) is 0 Å². The number of nitrogens with zero attached hydrogens (tertiary/aromatic N) is 1. The van der Waals surface area contributed by atoms with E-state index in [9.17, 15) is 18.8 Å². The molecule has 90 valence electrons. The number of rotatable bonds is 7. The van der Waals surface area contributed by atoms with Crippen molar-refractivity contribution >= 4 is 17.9 Å². The Bertz CT molecular complexity index is 205. The van der Waals surface area contributed by atoms with Gasteiger partial charge in [-0.2, -0.15) is 13.1 Å². The molecule has 0 aliphatic carbocycles. The second-order valence-corrected chi connectivity index (χ2v) is 3.63. The number of amides is 1. The van der Waals surface area contributed by atoms with Crippen molar-refractivity contribution in [1.82, 2.24) is 4.90 Å². The van der Waals surface area contributed by atoms with Crippen molar-refractivity contribution in [3.8, 4) is 0 Å². The number of carbonyl (C=O) groups is 1. The van der Waals surface area contributed by atoms with Gasteiger partial charge >= 0.3 is 11.2 Å². The molecule has 0 aromatic rings. The van der Waals surface area contributed by atoms with Crippen LogP contribution in [0.5, 0.6) is 0 Å². The van der Waals surface area contributed by atoms with Crippen LogP contribution in [-0.2, 0) is 14.2 Å². The summed E-state index contributed by atoms with van der Waals surface area (Å²) in [4.78, 5) is 12.0. The molecule has 15 heavy (non-hydrogen) atoms. The first-order chi connectivity index (χ1) is 6.95. The SMILES string of the molecule is CCCCN(C)C(=O)C(F)(F)SOO[O-]. The third kappa shape index (κ3) is 5.26. The molecular weight excluding hydrogens is 232 g/mol. The quantitative estimate of drug-likeness (QED) is 0.375. The third-order valence-corrected chi connectivity index (χ3v) is 2.12. The first kappa shape index (κ1) is 14.6. The number of alkyl halides is 2. The van der Waals surface area contributed by atoms with E-state index in [1.165, 1.54) is 7.05 Å². The number of carbonyl (C=O) groups excluding carboxylic acids is 1. The predicted octanol–water partition coefficient (Wildman–Crippen LogP) is 0.709. The summed E-state index contributed by atoms with van der Waals surface area (Å²) in [6.07, 6.45) is 1.42. The molecule has 0 unspecified atom stereocenters. The lowest BCUT2D eigenvalue weighted by molar-refractivity contribution is -0.777. The van der Waals surface area contributed by atoms with Crippen LogP contribution in [0.1, 0.15) is 19.8 Å². The number of hydrogen-bond donors (Lipinski definition) is 0. The largest absolute Gasteiger partial charge is 0.691 e. The van der Waals surface area contributed by atoms with Gasteiger partial charge in [0.15, 0.2) is 0 Å². The Morgan fingerprint density at radius 2 is 2.20 bits per heavy atom. The van der Waals surface area contributed by atoms with Gasteiger partial charge in [-0.15, -0.1) is 0 Å². The van der Waals surface area contributed by atoms with Gasteiger partial charge in [0.1, 0.15) is 12.0 Å². The standard InChI is InChI=1S/C7H13F2NO4S/c1-3-4-5-10(2)6(11)7(8,9)15-14-13-12/h12H,3-5H2,1-2H3/p-1. The molecule has 0 bridgehead atoms. The van der Waals surface area contributed by atoms with E-state index in [0.29, 0.717) is 6.42 Å². The first-order valence-corrected chi connectivity index (χ1v) is 4.97. The zero-order valence-corrected chi connectivity index (χ0v) is 9.18. The number of halogens is 2.